The van der Waals surface area contributed by atoms with Gasteiger partial charge in [-0.25, -0.2) is 9.67 Å². The van der Waals surface area contributed by atoms with E-state index in [0.29, 0.717) is 42.5 Å². The third-order valence-electron chi connectivity index (χ3n) is 4.41. The Hall–Kier alpha value is -2.65. The van der Waals surface area contributed by atoms with Gasteiger partial charge in [-0.2, -0.15) is 0 Å². The summed E-state index contributed by atoms with van der Waals surface area (Å²) in [6, 6.07) is 7.60. The number of H-pyrrole nitrogens is 1. The molecule has 0 saturated carbocycles. The summed E-state index contributed by atoms with van der Waals surface area (Å²) in [5, 5.41) is 18.7. The highest BCUT2D eigenvalue weighted by Crippen LogP contribution is 2.16. The van der Waals surface area contributed by atoms with E-state index in [1.165, 1.54) is 0 Å². The number of rotatable bonds is 11. The van der Waals surface area contributed by atoms with Crippen LogP contribution < -0.4 is 10.6 Å². The van der Waals surface area contributed by atoms with Gasteiger partial charge in [0, 0.05) is 31.1 Å². The van der Waals surface area contributed by atoms with E-state index in [0.717, 1.165) is 30.8 Å². The molecule has 2 aromatic heterocycles. The van der Waals surface area contributed by atoms with Crippen molar-refractivity contribution in [3.63, 3.8) is 0 Å². The molecule has 3 aromatic rings. The summed E-state index contributed by atoms with van der Waals surface area (Å²) in [5.74, 6) is 0.950. The second-order valence-corrected chi connectivity index (χ2v) is 7.56. The highest BCUT2D eigenvalue weighted by Gasteiger charge is 2.16. The number of amides is 1. The Morgan fingerprint density at radius 2 is 2.10 bits per heavy atom. The van der Waals surface area contributed by atoms with Crippen molar-refractivity contribution >= 4 is 34.9 Å². The highest BCUT2D eigenvalue weighted by atomic mass is 35.5. The smallest absolute Gasteiger partial charge is 0.271 e. The average Bonchev–Trinajstić information content (AvgIpc) is 3.31. The van der Waals surface area contributed by atoms with Gasteiger partial charge in [-0.3, -0.25) is 4.79 Å². The molecule has 3 N–H and O–H groups in total. The number of unbranched alkanes of at least 4 members (excludes halogenated alkanes) is 1. The number of imidazole rings is 1. The maximum atomic E-state index is 12.5. The van der Waals surface area contributed by atoms with Crippen molar-refractivity contribution in [2.45, 2.75) is 39.2 Å². The molecule has 0 aliphatic carbocycles. The molecule has 0 bridgehead atoms. The van der Waals surface area contributed by atoms with Crippen LogP contribution in [0.1, 0.15) is 48.1 Å². The summed E-state index contributed by atoms with van der Waals surface area (Å²) in [5.41, 5.74) is 1.37. The van der Waals surface area contributed by atoms with E-state index in [9.17, 15) is 4.79 Å². The number of aromatic amines is 1. The number of anilines is 1. The minimum atomic E-state index is -0.260. The summed E-state index contributed by atoms with van der Waals surface area (Å²) in [6.45, 7) is 3.86. The third-order valence-corrected chi connectivity index (χ3v) is 4.83. The number of hydrogen-bond donors (Lipinski definition) is 3. The first kappa shape index (κ1) is 22.0. The van der Waals surface area contributed by atoms with Gasteiger partial charge in [-0.15, -0.1) is 5.10 Å². The number of aromatic nitrogens is 6. The Labute approximate surface area is 184 Å². The van der Waals surface area contributed by atoms with Crippen molar-refractivity contribution in [2.24, 2.45) is 0 Å². The summed E-state index contributed by atoms with van der Waals surface area (Å²) in [6.07, 6.45) is 3.28. The van der Waals surface area contributed by atoms with Crippen LogP contribution in [0.4, 0.5) is 5.82 Å². The van der Waals surface area contributed by atoms with Gasteiger partial charge in [0.05, 0.1) is 0 Å². The van der Waals surface area contributed by atoms with Crippen LogP contribution in [0.25, 0.3) is 0 Å². The van der Waals surface area contributed by atoms with Crippen LogP contribution in [-0.2, 0) is 13.0 Å². The molecule has 0 radical (unpaired) electrons. The molecule has 1 aromatic carbocycles. The molecule has 30 heavy (non-hydrogen) atoms. The van der Waals surface area contributed by atoms with Crippen molar-refractivity contribution in [1.82, 2.24) is 35.5 Å². The van der Waals surface area contributed by atoms with E-state index >= 15 is 0 Å². The fraction of sp³-hybridized carbons (Fsp3) is 0.421. The van der Waals surface area contributed by atoms with Gasteiger partial charge in [-0.05, 0) is 52.6 Å². The molecule has 0 aliphatic heterocycles. The lowest BCUT2D eigenvalue weighted by Gasteiger charge is -2.08. The van der Waals surface area contributed by atoms with Crippen LogP contribution >= 0.6 is 23.2 Å². The van der Waals surface area contributed by atoms with Crippen molar-refractivity contribution in [3.8, 4) is 0 Å². The van der Waals surface area contributed by atoms with Crippen LogP contribution in [-0.4, -0.2) is 49.2 Å². The molecule has 160 valence electrons. The van der Waals surface area contributed by atoms with Crippen LogP contribution in [0.3, 0.4) is 0 Å². The first-order valence-electron chi connectivity index (χ1n) is 9.84. The zero-order valence-corrected chi connectivity index (χ0v) is 18.2. The van der Waals surface area contributed by atoms with Crippen molar-refractivity contribution in [2.75, 3.05) is 18.4 Å². The van der Waals surface area contributed by atoms with Crippen molar-refractivity contribution < 1.29 is 4.79 Å². The maximum absolute atomic E-state index is 12.5. The van der Waals surface area contributed by atoms with Crippen LogP contribution in [0.2, 0.25) is 10.3 Å². The molecule has 2 heterocycles. The standard InChI is InChI=1S/C19H24Cl2N8O/c1-2-3-8-22-17-16(24-19(21)25-17)18(30)23-9-5-10-29-15(26-27-28-29)12-13-6-4-7-14(20)11-13/h4,6-7,11,22H,2-3,5,8-10,12H2,1H3,(H,23,30)(H,24,25). The summed E-state index contributed by atoms with van der Waals surface area (Å²) in [4.78, 5) is 19.4. The number of hydrogen-bond acceptors (Lipinski definition) is 6. The Morgan fingerprint density at radius 3 is 2.90 bits per heavy atom. The number of carbonyl (C=O) groups is 1. The molecule has 0 spiro atoms. The lowest BCUT2D eigenvalue weighted by atomic mass is 10.1. The molecule has 0 unspecified atom stereocenters. The summed E-state index contributed by atoms with van der Waals surface area (Å²) >= 11 is 12.0. The Kier molecular flexibility index (Phi) is 8.04. The SMILES string of the molecule is CCCCNc1nc(Cl)[nH]c1C(=O)NCCCn1nnnc1Cc1cccc(Cl)c1. The molecule has 0 fully saturated rings. The van der Waals surface area contributed by atoms with Gasteiger partial charge in [0.15, 0.2) is 11.6 Å². The van der Waals surface area contributed by atoms with Gasteiger partial charge in [0.25, 0.3) is 5.91 Å². The molecule has 0 aliphatic rings. The van der Waals surface area contributed by atoms with E-state index < -0.39 is 0 Å². The van der Waals surface area contributed by atoms with Crippen LogP contribution in [0.5, 0.6) is 0 Å². The van der Waals surface area contributed by atoms with Gasteiger partial charge in [0.2, 0.25) is 5.28 Å². The fourth-order valence-corrected chi connectivity index (χ4v) is 3.28. The topological polar surface area (TPSA) is 113 Å². The van der Waals surface area contributed by atoms with Crippen molar-refractivity contribution in [1.29, 1.82) is 0 Å². The first-order chi connectivity index (χ1) is 14.6. The number of nitrogens with zero attached hydrogens (tertiary/aromatic N) is 5. The molecule has 3 rings (SSSR count). The molecule has 0 saturated heterocycles. The lowest BCUT2D eigenvalue weighted by Crippen LogP contribution is -2.27. The summed E-state index contributed by atoms with van der Waals surface area (Å²) < 4.78 is 1.73. The number of aryl methyl sites for hydroxylation is 1. The molecular weight excluding hydrogens is 427 g/mol. The van der Waals surface area contributed by atoms with Gasteiger partial charge >= 0.3 is 0 Å². The monoisotopic (exact) mass is 450 g/mol. The van der Waals surface area contributed by atoms with E-state index in [-0.39, 0.29) is 11.2 Å². The Morgan fingerprint density at radius 1 is 1.23 bits per heavy atom. The average molecular weight is 451 g/mol. The predicted molar refractivity (Wildman–Crippen MR) is 116 cm³/mol. The van der Waals surface area contributed by atoms with Crippen LogP contribution in [0, 0.1) is 0 Å². The van der Waals surface area contributed by atoms with Gasteiger partial charge in [0.1, 0.15) is 5.69 Å². The molecule has 9 nitrogen and oxygen atoms in total. The molecule has 0 atom stereocenters. The fourth-order valence-electron chi connectivity index (χ4n) is 2.89. The number of benzene rings is 1. The number of halogens is 2. The zero-order chi connectivity index (χ0) is 21.3. The Balaban J connectivity index is 1.49. The summed E-state index contributed by atoms with van der Waals surface area (Å²) in [7, 11) is 0. The number of tetrazole rings is 1. The second kappa shape index (κ2) is 10.9. The van der Waals surface area contributed by atoms with Crippen LogP contribution in [0.15, 0.2) is 24.3 Å². The Bertz CT molecular complexity index is 971. The normalized spacial score (nSPS) is 10.9. The van der Waals surface area contributed by atoms with Gasteiger partial charge < -0.3 is 15.6 Å². The van der Waals surface area contributed by atoms with E-state index in [1.54, 1.807) is 4.68 Å². The molecular formula is C19H24Cl2N8O. The largest absolute Gasteiger partial charge is 0.368 e. The lowest BCUT2D eigenvalue weighted by molar-refractivity contribution is 0.0949. The zero-order valence-electron chi connectivity index (χ0n) is 16.7. The van der Waals surface area contributed by atoms with E-state index in [1.807, 2.05) is 24.3 Å². The van der Waals surface area contributed by atoms with E-state index in [4.69, 9.17) is 23.2 Å². The second-order valence-electron chi connectivity index (χ2n) is 6.77. The molecule has 11 heteroatoms. The highest BCUT2D eigenvalue weighted by molar-refractivity contribution is 6.30. The number of nitrogens with one attached hydrogen (secondary N) is 3. The third kappa shape index (κ3) is 6.17. The van der Waals surface area contributed by atoms with Gasteiger partial charge in [-0.1, -0.05) is 37.1 Å². The van der Waals surface area contributed by atoms with Crippen molar-refractivity contribution in [3.05, 3.63) is 51.7 Å². The molecule has 1 amide bonds. The minimum absolute atomic E-state index is 0.179. The first-order valence-corrected chi connectivity index (χ1v) is 10.6. The quantitative estimate of drug-likeness (QED) is 0.386. The minimum Gasteiger partial charge on any atom is -0.368 e. The van der Waals surface area contributed by atoms with E-state index in [2.05, 4.69) is 43.1 Å². The number of carbonyl (C=O) groups excluding carboxylic acids is 1. The maximum Gasteiger partial charge on any atom is 0.271 e. The predicted octanol–water partition coefficient (Wildman–Crippen LogP) is 3.33.